The van der Waals surface area contributed by atoms with E-state index in [1.54, 1.807) is 0 Å². The Morgan fingerprint density at radius 3 is 2.46 bits per heavy atom. The lowest BCUT2D eigenvalue weighted by Crippen LogP contribution is -2.03. The summed E-state index contributed by atoms with van der Waals surface area (Å²) in [5.74, 6) is 0.734. The SMILES string of the molecule is Cc1cnccc1Cc1nnc(Nc2ccc(Cl)cc2)c2ccccc12. The standard InChI is InChI=1S/C21H17ClN4/c1-14-13-23-11-10-15(14)12-20-18-4-2-3-5-19(18)21(26-25-20)24-17-8-6-16(22)7-9-17/h2-11,13H,12H2,1H3,(H,24,26). The second kappa shape index (κ2) is 7.10. The zero-order valence-corrected chi connectivity index (χ0v) is 15.0. The van der Waals surface area contributed by atoms with Gasteiger partial charge in [0.15, 0.2) is 5.82 Å². The van der Waals surface area contributed by atoms with Crippen molar-refractivity contribution < 1.29 is 0 Å². The van der Waals surface area contributed by atoms with Gasteiger partial charge in [0.05, 0.1) is 5.69 Å². The number of hydrogen-bond acceptors (Lipinski definition) is 4. The Labute approximate surface area is 156 Å². The van der Waals surface area contributed by atoms with E-state index in [-0.39, 0.29) is 0 Å². The predicted octanol–water partition coefficient (Wildman–Crippen LogP) is 5.32. The molecule has 0 amide bonds. The van der Waals surface area contributed by atoms with Crippen LogP contribution in [0.3, 0.4) is 0 Å². The van der Waals surface area contributed by atoms with Gasteiger partial charge in [-0.3, -0.25) is 4.98 Å². The minimum absolute atomic E-state index is 0.703. The van der Waals surface area contributed by atoms with Crippen molar-refractivity contribution in [2.45, 2.75) is 13.3 Å². The molecule has 0 unspecified atom stereocenters. The first-order valence-electron chi connectivity index (χ1n) is 8.37. The summed E-state index contributed by atoms with van der Waals surface area (Å²) in [5.41, 5.74) is 4.24. The van der Waals surface area contributed by atoms with Crippen molar-refractivity contribution in [2.75, 3.05) is 5.32 Å². The third-order valence-corrected chi connectivity index (χ3v) is 4.62. The molecule has 4 nitrogen and oxygen atoms in total. The number of halogens is 1. The number of hydrogen-bond donors (Lipinski definition) is 1. The van der Waals surface area contributed by atoms with E-state index in [4.69, 9.17) is 11.6 Å². The molecule has 0 fully saturated rings. The van der Waals surface area contributed by atoms with Crippen molar-refractivity contribution in [3.63, 3.8) is 0 Å². The monoisotopic (exact) mass is 360 g/mol. The fourth-order valence-electron chi connectivity index (χ4n) is 2.93. The molecule has 0 bridgehead atoms. The van der Waals surface area contributed by atoms with Crippen LogP contribution < -0.4 is 5.32 Å². The van der Waals surface area contributed by atoms with Crippen molar-refractivity contribution in [3.8, 4) is 0 Å². The molecule has 4 aromatic rings. The highest BCUT2D eigenvalue weighted by molar-refractivity contribution is 6.30. The maximum absolute atomic E-state index is 5.96. The van der Waals surface area contributed by atoms with Crippen molar-refractivity contribution >= 4 is 33.9 Å². The molecule has 26 heavy (non-hydrogen) atoms. The van der Waals surface area contributed by atoms with Gasteiger partial charge in [-0.1, -0.05) is 35.9 Å². The summed E-state index contributed by atoms with van der Waals surface area (Å²) in [6, 6.07) is 17.8. The van der Waals surface area contributed by atoms with Crippen molar-refractivity contribution in [1.82, 2.24) is 15.2 Å². The average Bonchev–Trinajstić information content (AvgIpc) is 2.67. The number of anilines is 2. The molecule has 0 aliphatic carbocycles. The van der Waals surface area contributed by atoms with E-state index in [2.05, 4.69) is 39.6 Å². The average molecular weight is 361 g/mol. The van der Waals surface area contributed by atoms with Gasteiger partial charge in [-0.05, 0) is 48.4 Å². The summed E-state index contributed by atoms with van der Waals surface area (Å²) in [4.78, 5) is 4.16. The number of aryl methyl sites for hydroxylation is 1. The number of nitrogens with zero attached hydrogens (tertiary/aromatic N) is 3. The molecule has 2 aromatic heterocycles. The quantitative estimate of drug-likeness (QED) is 0.535. The van der Waals surface area contributed by atoms with Crippen LogP contribution >= 0.6 is 11.6 Å². The van der Waals surface area contributed by atoms with Crippen LogP contribution in [0.5, 0.6) is 0 Å². The zero-order chi connectivity index (χ0) is 17.9. The number of rotatable bonds is 4. The van der Waals surface area contributed by atoms with Gasteiger partial charge >= 0.3 is 0 Å². The molecular formula is C21H17ClN4. The van der Waals surface area contributed by atoms with Gasteiger partial charge in [0.1, 0.15) is 0 Å². The molecule has 2 aromatic carbocycles. The molecule has 0 aliphatic heterocycles. The summed E-state index contributed by atoms with van der Waals surface area (Å²) in [6.45, 7) is 2.06. The van der Waals surface area contributed by atoms with E-state index in [1.165, 1.54) is 5.56 Å². The summed E-state index contributed by atoms with van der Waals surface area (Å²) < 4.78 is 0. The normalized spacial score (nSPS) is 10.8. The minimum atomic E-state index is 0.703. The highest BCUT2D eigenvalue weighted by atomic mass is 35.5. The first-order chi connectivity index (χ1) is 12.7. The molecule has 2 heterocycles. The van der Waals surface area contributed by atoms with E-state index in [0.717, 1.165) is 40.0 Å². The first-order valence-corrected chi connectivity index (χ1v) is 8.75. The van der Waals surface area contributed by atoms with Crippen LogP contribution in [0.4, 0.5) is 11.5 Å². The summed E-state index contributed by atoms with van der Waals surface area (Å²) in [6.07, 6.45) is 4.42. The van der Waals surface area contributed by atoms with E-state index >= 15 is 0 Å². The molecule has 0 saturated heterocycles. The Hall–Kier alpha value is -2.98. The van der Waals surface area contributed by atoms with Gasteiger partial charge in [0.25, 0.3) is 0 Å². The first kappa shape index (κ1) is 16.5. The number of aromatic nitrogens is 3. The zero-order valence-electron chi connectivity index (χ0n) is 14.3. The fraction of sp³-hybridized carbons (Fsp3) is 0.0952. The molecule has 0 radical (unpaired) electrons. The second-order valence-electron chi connectivity index (χ2n) is 6.15. The van der Waals surface area contributed by atoms with Crippen molar-refractivity contribution in [1.29, 1.82) is 0 Å². The lowest BCUT2D eigenvalue weighted by Gasteiger charge is -2.12. The van der Waals surface area contributed by atoms with Crippen LogP contribution in [0.2, 0.25) is 5.02 Å². The van der Waals surface area contributed by atoms with Gasteiger partial charge in [-0.2, -0.15) is 5.10 Å². The largest absolute Gasteiger partial charge is 0.338 e. The minimum Gasteiger partial charge on any atom is -0.338 e. The Morgan fingerprint density at radius 2 is 1.69 bits per heavy atom. The smallest absolute Gasteiger partial charge is 0.160 e. The molecule has 0 saturated carbocycles. The third kappa shape index (κ3) is 3.37. The third-order valence-electron chi connectivity index (χ3n) is 4.37. The van der Waals surface area contributed by atoms with Gasteiger partial charge < -0.3 is 5.32 Å². The second-order valence-corrected chi connectivity index (χ2v) is 6.59. The Kier molecular flexibility index (Phi) is 4.50. The molecule has 4 rings (SSSR count). The topological polar surface area (TPSA) is 50.7 Å². The number of fused-ring (bicyclic) bond motifs is 1. The molecule has 0 spiro atoms. The molecule has 0 aliphatic rings. The summed E-state index contributed by atoms with van der Waals surface area (Å²) in [7, 11) is 0. The lowest BCUT2D eigenvalue weighted by molar-refractivity contribution is 0.955. The highest BCUT2D eigenvalue weighted by Crippen LogP contribution is 2.27. The Morgan fingerprint density at radius 1 is 0.923 bits per heavy atom. The van der Waals surface area contributed by atoms with E-state index in [9.17, 15) is 0 Å². The van der Waals surface area contributed by atoms with E-state index in [1.807, 2.05) is 54.9 Å². The molecule has 128 valence electrons. The number of pyridine rings is 1. The van der Waals surface area contributed by atoms with E-state index < -0.39 is 0 Å². The van der Waals surface area contributed by atoms with Crippen LogP contribution in [0, 0.1) is 6.92 Å². The number of nitrogens with one attached hydrogen (secondary N) is 1. The van der Waals surface area contributed by atoms with Gasteiger partial charge in [0.2, 0.25) is 0 Å². The lowest BCUT2D eigenvalue weighted by atomic mass is 10.0. The molecular weight excluding hydrogens is 344 g/mol. The van der Waals surface area contributed by atoms with Crippen molar-refractivity contribution in [3.05, 3.63) is 88.8 Å². The van der Waals surface area contributed by atoms with Crippen LogP contribution in [0.1, 0.15) is 16.8 Å². The van der Waals surface area contributed by atoms with Crippen LogP contribution in [-0.4, -0.2) is 15.2 Å². The van der Waals surface area contributed by atoms with Gasteiger partial charge in [-0.15, -0.1) is 5.10 Å². The fourth-order valence-corrected chi connectivity index (χ4v) is 3.06. The summed E-state index contributed by atoms with van der Waals surface area (Å²) in [5, 5.41) is 15.1. The Bertz CT molecular complexity index is 1060. The maximum Gasteiger partial charge on any atom is 0.160 e. The highest BCUT2D eigenvalue weighted by Gasteiger charge is 2.11. The molecule has 0 atom stereocenters. The number of benzene rings is 2. The van der Waals surface area contributed by atoms with E-state index in [0.29, 0.717) is 5.02 Å². The van der Waals surface area contributed by atoms with Crippen LogP contribution in [-0.2, 0) is 6.42 Å². The van der Waals surface area contributed by atoms with Crippen molar-refractivity contribution in [2.24, 2.45) is 0 Å². The summed E-state index contributed by atoms with van der Waals surface area (Å²) >= 11 is 5.96. The van der Waals surface area contributed by atoms with Gasteiger partial charge in [0, 0.05) is 40.3 Å². The molecule has 5 heteroatoms. The maximum atomic E-state index is 5.96. The molecule has 1 N–H and O–H groups in total. The predicted molar refractivity (Wildman–Crippen MR) is 106 cm³/mol. The van der Waals surface area contributed by atoms with Gasteiger partial charge in [-0.25, -0.2) is 0 Å². The van der Waals surface area contributed by atoms with Crippen LogP contribution in [0.25, 0.3) is 10.8 Å². The Balaban J connectivity index is 1.73. The van der Waals surface area contributed by atoms with Crippen LogP contribution in [0.15, 0.2) is 67.0 Å².